The first kappa shape index (κ1) is 17.9. The van der Waals surface area contributed by atoms with Crippen molar-refractivity contribution in [2.45, 2.75) is 79.8 Å². The van der Waals surface area contributed by atoms with Gasteiger partial charge in [0.15, 0.2) is 0 Å². The molecule has 0 saturated heterocycles. The largest absolute Gasteiger partial charge is 0.489 e. The van der Waals surface area contributed by atoms with Gasteiger partial charge in [0.1, 0.15) is 23.7 Å². The third-order valence-corrected chi connectivity index (χ3v) is 5.06. The number of ether oxygens (including phenoxy) is 2. The summed E-state index contributed by atoms with van der Waals surface area (Å²) in [6.07, 6.45) is 6.57. The van der Waals surface area contributed by atoms with Crippen molar-refractivity contribution in [2.75, 3.05) is 6.61 Å². The molecule has 1 aromatic rings. The maximum absolute atomic E-state index is 6.48. The molecule has 1 aliphatic heterocycles. The molecule has 0 aromatic heterocycles. The van der Waals surface area contributed by atoms with Crippen LogP contribution in [0.15, 0.2) is 11.6 Å². The molecule has 1 atom stereocenters. The molecule has 0 amide bonds. The van der Waals surface area contributed by atoms with Gasteiger partial charge < -0.3 is 9.47 Å². The topological polar surface area (TPSA) is 18.5 Å². The van der Waals surface area contributed by atoms with Crippen LogP contribution < -0.4 is 9.47 Å². The van der Waals surface area contributed by atoms with Crippen LogP contribution in [0.25, 0.3) is 0 Å². The van der Waals surface area contributed by atoms with E-state index in [-0.39, 0.29) is 5.60 Å². The van der Waals surface area contributed by atoms with Crippen LogP contribution in [-0.2, 0) is 6.42 Å². The minimum absolute atomic E-state index is 0.0180. The lowest BCUT2D eigenvalue weighted by Gasteiger charge is -2.38. The quantitative estimate of drug-likeness (QED) is 0.635. The van der Waals surface area contributed by atoms with Crippen molar-refractivity contribution in [3.05, 3.63) is 33.9 Å². The van der Waals surface area contributed by atoms with E-state index in [9.17, 15) is 0 Å². The molecule has 0 saturated carbocycles. The Morgan fingerprint density at radius 2 is 1.87 bits per heavy atom. The molecule has 1 unspecified atom stereocenters. The molecular formula is C21H32O2. The minimum atomic E-state index is -0.0180. The highest BCUT2D eigenvalue weighted by atomic mass is 16.5. The predicted octanol–water partition coefficient (Wildman–Crippen LogP) is 5.84. The molecule has 2 heteroatoms. The van der Waals surface area contributed by atoms with Gasteiger partial charge in [-0.25, -0.2) is 0 Å². The highest BCUT2D eigenvalue weighted by molar-refractivity contribution is 5.59. The first-order valence-electron chi connectivity index (χ1n) is 8.87. The fraction of sp³-hybridized carbons (Fsp3) is 0.619. The lowest BCUT2D eigenvalue weighted by Crippen LogP contribution is -2.37. The number of rotatable bonds is 5. The van der Waals surface area contributed by atoms with Crippen molar-refractivity contribution < 1.29 is 9.47 Å². The molecule has 128 valence electrons. The zero-order chi connectivity index (χ0) is 17.2. The van der Waals surface area contributed by atoms with Gasteiger partial charge in [0.25, 0.3) is 0 Å². The summed E-state index contributed by atoms with van der Waals surface area (Å²) >= 11 is 0. The average molecular weight is 316 g/mol. The van der Waals surface area contributed by atoms with Crippen LogP contribution in [-0.4, -0.2) is 12.2 Å². The Labute approximate surface area is 141 Å². The lowest BCUT2D eigenvalue weighted by molar-refractivity contribution is 0.0541. The Morgan fingerprint density at radius 3 is 2.48 bits per heavy atom. The Bertz CT molecular complexity index is 609. The highest BCUT2D eigenvalue weighted by Crippen LogP contribution is 2.44. The second-order valence-corrected chi connectivity index (χ2v) is 7.41. The molecule has 0 N–H and O–H groups in total. The molecule has 1 heterocycles. The summed E-state index contributed by atoms with van der Waals surface area (Å²) in [5.74, 6) is 2.15. The summed E-state index contributed by atoms with van der Waals surface area (Å²) in [5.41, 5.74) is 6.31. The van der Waals surface area contributed by atoms with E-state index in [0.717, 1.165) is 37.2 Å². The number of hydrogen-bond acceptors (Lipinski definition) is 2. The second kappa shape index (κ2) is 6.98. The van der Waals surface area contributed by atoms with Crippen molar-refractivity contribution in [1.82, 2.24) is 0 Å². The molecule has 0 spiro atoms. The fourth-order valence-electron chi connectivity index (χ4n) is 3.49. The van der Waals surface area contributed by atoms with Gasteiger partial charge in [-0.05, 0) is 83.6 Å². The van der Waals surface area contributed by atoms with Crippen molar-refractivity contribution in [3.63, 3.8) is 0 Å². The second-order valence-electron chi connectivity index (χ2n) is 7.41. The molecule has 0 bridgehead atoms. The van der Waals surface area contributed by atoms with Gasteiger partial charge in [-0.15, -0.1) is 0 Å². The van der Waals surface area contributed by atoms with E-state index in [1.54, 1.807) is 0 Å². The molecule has 2 nitrogen and oxygen atoms in total. The summed E-state index contributed by atoms with van der Waals surface area (Å²) in [7, 11) is 0. The van der Waals surface area contributed by atoms with Crippen LogP contribution in [0.5, 0.6) is 11.5 Å². The Balaban J connectivity index is 2.38. The number of allylic oxidation sites excluding steroid dienone is 1. The van der Waals surface area contributed by atoms with Crippen molar-refractivity contribution in [2.24, 2.45) is 0 Å². The van der Waals surface area contributed by atoms with Crippen LogP contribution in [0.4, 0.5) is 0 Å². The predicted molar refractivity (Wildman–Crippen MR) is 97.8 cm³/mol. The van der Waals surface area contributed by atoms with Crippen LogP contribution in [0, 0.1) is 20.8 Å². The number of hydrogen-bond donors (Lipinski definition) is 0. The summed E-state index contributed by atoms with van der Waals surface area (Å²) in [6.45, 7) is 15.8. The van der Waals surface area contributed by atoms with Crippen molar-refractivity contribution in [3.8, 4) is 11.5 Å². The zero-order valence-electron chi connectivity index (χ0n) is 15.9. The number of fused-ring (bicyclic) bond motifs is 1. The monoisotopic (exact) mass is 316 g/mol. The van der Waals surface area contributed by atoms with E-state index in [1.807, 2.05) is 0 Å². The Hall–Kier alpha value is -1.44. The van der Waals surface area contributed by atoms with Gasteiger partial charge in [0, 0.05) is 5.56 Å². The van der Waals surface area contributed by atoms with Gasteiger partial charge in [-0.2, -0.15) is 0 Å². The normalized spacial score (nSPS) is 19.8. The van der Waals surface area contributed by atoms with Gasteiger partial charge >= 0.3 is 0 Å². The molecule has 23 heavy (non-hydrogen) atoms. The van der Waals surface area contributed by atoms with E-state index in [0.29, 0.717) is 6.61 Å². The lowest BCUT2D eigenvalue weighted by atomic mass is 9.85. The first-order chi connectivity index (χ1) is 10.8. The molecule has 0 aliphatic carbocycles. The van der Waals surface area contributed by atoms with E-state index in [1.165, 1.54) is 27.8 Å². The van der Waals surface area contributed by atoms with Gasteiger partial charge in [0.05, 0.1) is 0 Å². The summed E-state index contributed by atoms with van der Waals surface area (Å²) < 4.78 is 12.6. The fourth-order valence-corrected chi connectivity index (χ4v) is 3.49. The van der Waals surface area contributed by atoms with E-state index in [4.69, 9.17) is 9.47 Å². The third kappa shape index (κ3) is 3.73. The van der Waals surface area contributed by atoms with Gasteiger partial charge in [-0.3, -0.25) is 0 Å². The standard InChI is InChI=1S/C21H32O2/c1-8-11-21(7)12-9-18-17(6)19(22-13-10-14(2)3)15(4)16(5)20(18)23-21/h10H,8-9,11-13H2,1-7H3. The first-order valence-corrected chi connectivity index (χ1v) is 8.87. The summed E-state index contributed by atoms with van der Waals surface area (Å²) in [6, 6.07) is 0. The van der Waals surface area contributed by atoms with E-state index in [2.05, 4.69) is 54.5 Å². The molecule has 2 rings (SSSR count). The van der Waals surface area contributed by atoms with Crippen molar-refractivity contribution in [1.29, 1.82) is 0 Å². The summed E-state index contributed by atoms with van der Waals surface area (Å²) in [5, 5.41) is 0. The molecule has 1 aromatic carbocycles. The maximum atomic E-state index is 6.48. The highest BCUT2D eigenvalue weighted by Gasteiger charge is 2.33. The molecule has 0 radical (unpaired) electrons. The molecule has 0 fully saturated rings. The third-order valence-electron chi connectivity index (χ3n) is 5.06. The van der Waals surface area contributed by atoms with Crippen LogP contribution in [0.2, 0.25) is 0 Å². The van der Waals surface area contributed by atoms with Gasteiger partial charge in [0.2, 0.25) is 0 Å². The smallest absolute Gasteiger partial charge is 0.127 e. The zero-order valence-corrected chi connectivity index (χ0v) is 15.9. The summed E-state index contributed by atoms with van der Waals surface area (Å²) in [4.78, 5) is 0. The average Bonchev–Trinajstić information content (AvgIpc) is 2.48. The van der Waals surface area contributed by atoms with Crippen molar-refractivity contribution >= 4 is 0 Å². The van der Waals surface area contributed by atoms with Crippen LogP contribution in [0.3, 0.4) is 0 Å². The van der Waals surface area contributed by atoms with Crippen LogP contribution in [0.1, 0.15) is 69.2 Å². The van der Waals surface area contributed by atoms with Gasteiger partial charge in [-0.1, -0.05) is 18.9 Å². The Morgan fingerprint density at radius 1 is 1.17 bits per heavy atom. The van der Waals surface area contributed by atoms with E-state index < -0.39 is 0 Å². The van der Waals surface area contributed by atoms with Crippen LogP contribution >= 0.6 is 0 Å². The van der Waals surface area contributed by atoms with E-state index >= 15 is 0 Å². The SMILES string of the molecule is CCCC1(C)CCc2c(C)c(OCC=C(C)C)c(C)c(C)c2O1. The molecule has 1 aliphatic rings. The number of benzene rings is 1. The molecular weight excluding hydrogens is 284 g/mol. The Kier molecular flexibility index (Phi) is 5.44. The maximum Gasteiger partial charge on any atom is 0.127 e. The minimum Gasteiger partial charge on any atom is -0.489 e.